The van der Waals surface area contributed by atoms with E-state index < -0.39 is 23.7 Å². The minimum absolute atomic E-state index is 0.169. The molecule has 33 heavy (non-hydrogen) atoms. The van der Waals surface area contributed by atoms with E-state index in [2.05, 4.69) is 0 Å². The van der Waals surface area contributed by atoms with E-state index in [1.54, 1.807) is 19.1 Å². The Morgan fingerprint density at radius 3 is 2.61 bits per heavy atom. The molecule has 0 aromatic heterocycles. The lowest BCUT2D eigenvalue weighted by molar-refractivity contribution is -0.145. The van der Waals surface area contributed by atoms with E-state index >= 15 is 0 Å². The molecule has 1 heterocycles. The van der Waals surface area contributed by atoms with Crippen LogP contribution in [0.25, 0.3) is 6.08 Å². The molecule has 0 unspecified atom stereocenters. The summed E-state index contributed by atoms with van der Waals surface area (Å²) in [6.07, 6.45) is 1.54. The van der Waals surface area contributed by atoms with Gasteiger partial charge in [0.1, 0.15) is 13.2 Å². The first-order chi connectivity index (χ1) is 15.8. The van der Waals surface area contributed by atoms with Crippen LogP contribution in [0, 0.1) is 6.92 Å². The summed E-state index contributed by atoms with van der Waals surface area (Å²) >= 11 is 7.24. The quantitative estimate of drug-likeness (QED) is 0.352. The average Bonchev–Trinajstić information content (AvgIpc) is 3.01. The summed E-state index contributed by atoms with van der Waals surface area (Å²) in [5, 5.41) is -0.223. The maximum atomic E-state index is 12.6. The van der Waals surface area contributed by atoms with Gasteiger partial charge in [0.25, 0.3) is 11.1 Å². The summed E-state index contributed by atoms with van der Waals surface area (Å²) in [4.78, 5) is 37.6. The highest BCUT2D eigenvalue weighted by molar-refractivity contribution is 8.18. The summed E-state index contributed by atoms with van der Waals surface area (Å²) in [5.41, 5.74) is 2.68. The highest BCUT2D eigenvalue weighted by Gasteiger charge is 2.36. The Balaban J connectivity index is 1.82. The van der Waals surface area contributed by atoms with Gasteiger partial charge >= 0.3 is 5.97 Å². The van der Waals surface area contributed by atoms with E-state index in [-0.39, 0.29) is 11.5 Å². The van der Waals surface area contributed by atoms with Crippen LogP contribution in [0.4, 0.5) is 4.79 Å². The van der Waals surface area contributed by atoms with Gasteiger partial charge in [-0.15, -0.1) is 0 Å². The lowest BCUT2D eigenvalue weighted by atomic mass is 10.1. The molecule has 7 nitrogen and oxygen atoms in total. The number of halogens is 1. The zero-order valence-electron chi connectivity index (χ0n) is 18.6. The number of rotatable bonds is 9. The largest absolute Gasteiger partial charge is 0.490 e. The number of thioether (sulfide) groups is 1. The third kappa shape index (κ3) is 6.30. The Labute approximate surface area is 201 Å². The Morgan fingerprint density at radius 2 is 1.91 bits per heavy atom. The molecule has 0 aliphatic carbocycles. The standard InChI is InChI=1S/C24H24ClNO6S/c1-4-30-19-11-17(10-18(25)22(19)32-14-16-8-6-7-15(3)9-16)12-20-23(28)26(24(29)33-20)13-21(27)31-5-2/h6-12H,4-5,13-14H2,1-3H3/b20-12+. The van der Waals surface area contributed by atoms with Crippen LogP contribution in [-0.2, 0) is 20.9 Å². The van der Waals surface area contributed by atoms with Gasteiger partial charge in [-0.05, 0) is 61.9 Å². The minimum atomic E-state index is -0.641. The van der Waals surface area contributed by atoms with E-state index in [4.69, 9.17) is 25.8 Å². The molecule has 1 fully saturated rings. The number of aryl methyl sites for hydroxylation is 1. The molecule has 174 valence electrons. The number of ether oxygens (including phenoxy) is 3. The van der Waals surface area contributed by atoms with E-state index in [0.29, 0.717) is 35.3 Å². The van der Waals surface area contributed by atoms with Gasteiger partial charge in [-0.3, -0.25) is 19.3 Å². The molecular formula is C24H24ClNO6S. The number of imide groups is 1. The van der Waals surface area contributed by atoms with Crippen LogP contribution in [0.5, 0.6) is 11.5 Å². The highest BCUT2D eigenvalue weighted by atomic mass is 35.5. The molecule has 0 spiro atoms. The molecule has 1 saturated heterocycles. The summed E-state index contributed by atoms with van der Waals surface area (Å²) < 4.78 is 16.5. The Morgan fingerprint density at radius 1 is 1.12 bits per heavy atom. The van der Waals surface area contributed by atoms with Gasteiger partial charge in [0.15, 0.2) is 11.5 Å². The Kier molecular flexibility index (Phi) is 8.41. The molecule has 0 atom stereocenters. The lowest BCUT2D eigenvalue weighted by Gasteiger charge is -2.15. The summed E-state index contributed by atoms with van der Waals surface area (Å²) in [7, 11) is 0. The molecule has 0 radical (unpaired) electrons. The van der Waals surface area contributed by atoms with E-state index in [9.17, 15) is 14.4 Å². The van der Waals surface area contributed by atoms with Crippen LogP contribution < -0.4 is 9.47 Å². The van der Waals surface area contributed by atoms with Gasteiger partial charge in [0.2, 0.25) is 0 Å². The zero-order valence-corrected chi connectivity index (χ0v) is 20.1. The number of hydrogen-bond acceptors (Lipinski definition) is 7. The van der Waals surface area contributed by atoms with Crippen LogP contribution in [0.1, 0.15) is 30.5 Å². The molecule has 1 aliphatic heterocycles. The van der Waals surface area contributed by atoms with Crippen molar-refractivity contribution < 1.29 is 28.6 Å². The smallest absolute Gasteiger partial charge is 0.326 e. The van der Waals surface area contributed by atoms with Crippen molar-refractivity contribution in [2.45, 2.75) is 27.4 Å². The lowest BCUT2D eigenvalue weighted by Crippen LogP contribution is -2.34. The van der Waals surface area contributed by atoms with E-state index in [0.717, 1.165) is 27.8 Å². The van der Waals surface area contributed by atoms with Crippen molar-refractivity contribution in [3.8, 4) is 11.5 Å². The van der Waals surface area contributed by atoms with E-state index in [1.165, 1.54) is 6.08 Å². The average molecular weight is 490 g/mol. The van der Waals surface area contributed by atoms with Crippen molar-refractivity contribution in [2.75, 3.05) is 19.8 Å². The predicted molar refractivity (Wildman–Crippen MR) is 127 cm³/mol. The van der Waals surface area contributed by atoms with Gasteiger partial charge in [0, 0.05) is 0 Å². The molecule has 3 rings (SSSR count). The summed E-state index contributed by atoms with van der Waals surface area (Å²) in [6, 6.07) is 11.3. The number of esters is 1. The molecule has 9 heteroatoms. The molecule has 0 saturated carbocycles. The second-order valence-corrected chi connectivity index (χ2v) is 8.51. The zero-order chi connectivity index (χ0) is 24.0. The van der Waals surface area contributed by atoms with E-state index in [1.807, 2.05) is 38.1 Å². The highest BCUT2D eigenvalue weighted by Crippen LogP contribution is 2.39. The summed E-state index contributed by atoms with van der Waals surface area (Å²) in [6.45, 7) is 5.94. The minimum Gasteiger partial charge on any atom is -0.490 e. The first-order valence-electron chi connectivity index (χ1n) is 10.4. The van der Waals surface area contributed by atoms with Crippen LogP contribution in [0.2, 0.25) is 5.02 Å². The maximum Gasteiger partial charge on any atom is 0.326 e. The fraction of sp³-hybridized carbons (Fsp3) is 0.292. The first-order valence-corrected chi connectivity index (χ1v) is 11.6. The fourth-order valence-corrected chi connectivity index (χ4v) is 4.27. The van der Waals surface area contributed by atoms with Crippen LogP contribution in [0.15, 0.2) is 41.3 Å². The second-order valence-electron chi connectivity index (χ2n) is 7.11. The molecular weight excluding hydrogens is 466 g/mol. The van der Waals surface area contributed by atoms with Gasteiger partial charge < -0.3 is 14.2 Å². The van der Waals surface area contributed by atoms with Crippen molar-refractivity contribution in [3.63, 3.8) is 0 Å². The van der Waals surface area contributed by atoms with Crippen LogP contribution >= 0.6 is 23.4 Å². The fourth-order valence-electron chi connectivity index (χ4n) is 3.16. The molecule has 0 bridgehead atoms. The molecule has 2 amide bonds. The molecule has 2 aromatic rings. The van der Waals surface area contributed by atoms with Gasteiger partial charge in [-0.25, -0.2) is 0 Å². The molecule has 1 aliphatic rings. The maximum absolute atomic E-state index is 12.6. The number of benzene rings is 2. The number of hydrogen-bond donors (Lipinski definition) is 0. The SMILES string of the molecule is CCOC(=O)CN1C(=O)S/C(=C/c2cc(Cl)c(OCc3cccc(C)c3)c(OCC)c2)C1=O. The third-order valence-electron chi connectivity index (χ3n) is 4.56. The first kappa shape index (κ1) is 24.7. The van der Waals surface area contributed by atoms with Crippen molar-refractivity contribution in [2.24, 2.45) is 0 Å². The number of amides is 2. The van der Waals surface area contributed by atoms with Crippen LogP contribution in [-0.4, -0.2) is 41.8 Å². The van der Waals surface area contributed by atoms with Crippen molar-refractivity contribution in [1.82, 2.24) is 4.90 Å². The Hall–Kier alpha value is -2.97. The van der Waals surface area contributed by atoms with Crippen LogP contribution in [0.3, 0.4) is 0 Å². The van der Waals surface area contributed by atoms with Gasteiger partial charge in [-0.1, -0.05) is 41.4 Å². The molecule has 0 N–H and O–H groups in total. The third-order valence-corrected chi connectivity index (χ3v) is 5.75. The monoisotopic (exact) mass is 489 g/mol. The van der Waals surface area contributed by atoms with Crippen molar-refractivity contribution >= 4 is 46.6 Å². The number of nitrogens with zero attached hydrogens (tertiary/aromatic N) is 1. The Bertz CT molecular complexity index is 1100. The number of carbonyl (C=O) groups excluding carboxylic acids is 3. The van der Waals surface area contributed by atoms with Crippen molar-refractivity contribution in [3.05, 3.63) is 63.0 Å². The normalized spacial score (nSPS) is 14.7. The predicted octanol–water partition coefficient (Wildman–Crippen LogP) is 5.23. The molecule has 2 aromatic carbocycles. The van der Waals surface area contributed by atoms with Gasteiger partial charge in [-0.2, -0.15) is 0 Å². The summed E-state index contributed by atoms with van der Waals surface area (Å²) in [5.74, 6) is -0.382. The number of carbonyl (C=O) groups is 3. The topological polar surface area (TPSA) is 82.1 Å². The van der Waals surface area contributed by atoms with Crippen molar-refractivity contribution in [1.29, 1.82) is 0 Å². The second kappa shape index (κ2) is 11.2. The van der Waals surface area contributed by atoms with Gasteiger partial charge in [0.05, 0.1) is 23.1 Å².